The molecule has 22 heavy (non-hydrogen) atoms. The van der Waals surface area contributed by atoms with Crippen LogP contribution in [-0.4, -0.2) is 29.8 Å². The number of hydrogen-bond acceptors (Lipinski definition) is 3. The first-order valence-electron chi connectivity index (χ1n) is 5.86. The van der Waals surface area contributed by atoms with E-state index in [4.69, 9.17) is 5.11 Å². The van der Waals surface area contributed by atoms with Crippen LogP contribution < -0.4 is 5.32 Å². The average Bonchev–Trinajstić information content (AvgIpc) is 2.47. The van der Waals surface area contributed by atoms with Crippen LogP contribution >= 0.6 is 0 Å². The maximum Gasteiger partial charge on any atom is 0.408 e. The fourth-order valence-electron chi connectivity index (χ4n) is 1.51. The molecular weight excluding hydrogens is 310 g/mol. The predicted octanol–water partition coefficient (Wildman–Crippen LogP) is 2.15. The fraction of sp³-hybridized carbons (Fsp3) is 0.231. The van der Waals surface area contributed by atoms with E-state index in [2.05, 4.69) is 11.3 Å². The standard InChI is InChI=1S/C13H11F4NO4/c1-2-3-22-13(21)18-8(12(19)20)5-6-4-7(14)10(16)11(17)9(6)15/h2,4,8H,1,3,5H2,(H,18,21)(H,19,20). The van der Waals surface area contributed by atoms with Crippen LogP contribution in [0.5, 0.6) is 0 Å². The van der Waals surface area contributed by atoms with Crippen molar-refractivity contribution >= 4 is 12.1 Å². The molecule has 0 spiro atoms. The summed E-state index contributed by atoms with van der Waals surface area (Å²) in [6.07, 6.45) is -0.728. The zero-order valence-corrected chi connectivity index (χ0v) is 11.0. The Morgan fingerprint density at radius 1 is 1.27 bits per heavy atom. The van der Waals surface area contributed by atoms with Gasteiger partial charge in [-0.1, -0.05) is 12.7 Å². The second-order valence-corrected chi connectivity index (χ2v) is 4.09. The number of amides is 1. The van der Waals surface area contributed by atoms with Crippen molar-refractivity contribution in [2.75, 3.05) is 6.61 Å². The zero-order chi connectivity index (χ0) is 16.9. The van der Waals surface area contributed by atoms with Crippen LogP contribution in [0.2, 0.25) is 0 Å². The molecule has 1 aromatic carbocycles. The molecule has 5 nitrogen and oxygen atoms in total. The Morgan fingerprint density at radius 3 is 2.45 bits per heavy atom. The lowest BCUT2D eigenvalue weighted by molar-refractivity contribution is -0.139. The minimum absolute atomic E-state index is 0.202. The van der Waals surface area contributed by atoms with E-state index >= 15 is 0 Å². The summed E-state index contributed by atoms with van der Waals surface area (Å²) in [5, 5.41) is 10.8. The van der Waals surface area contributed by atoms with Gasteiger partial charge < -0.3 is 15.2 Å². The lowest BCUT2D eigenvalue weighted by atomic mass is 10.0. The van der Waals surface area contributed by atoms with Crippen molar-refractivity contribution in [2.45, 2.75) is 12.5 Å². The highest BCUT2D eigenvalue weighted by molar-refractivity contribution is 5.80. The molecule has 2 N–H and O–H groups in total. The maximum atomic E-state index is 13.5. The van der Waals surface area contributed by atoms with Gasteiger partial charge in [-0.3, -0.25) is 0 Å². The SMILES string of the molecule is C=CCOC(=O)NC(Cc1cc(F)c(F)c(F)c1F)C(=O)O. The number of carboxylic acid groups (broad SMARTS) is 1. The molecule has 120 valence electrons. The van der Waals surface area contributed by atoms with Gasteiger partial charge in [0.2, 0.25) is 0 Å². The van der Waals surface area contributed by atoms with Crippen LogP contribution in [0.1, 0.15) is 5.56 Å². The second kappa shape index (κ2) is 7.43. The Labute approximate surface area is 122 Å². The lowest BCUT2D eigenvalue weighted by Crippen LogP contribution is -2.42. The predicted molar refractivity (Wildman–Crippen MR) is 66.1 cm³/mol. The van der Waals surface area contributed by atoms with E-state index in [1.54, 1.807) is 0 Å². The third kappa shape index (κ3) is 4.21. The van der Waals surface area contributed by atoms with Crippen LogP contribution in [0.25, 0.3) is 0 Å². The summed E-state index contributed by atoms with van der Waals surface area (Å²) in [7, 11) is 0. The van der Waals surface area contributed by atoms with Crippen molar-refractivity contribution < 1.29 is 37.0 Å². The molecule has 1 amide bonds. The largest absolute Gasteiger partial charge is 0.480 e. The summed E-state index contributed by atoms with van der Waals surface area (Å²) in [5.74, 6) is -9.07. The maximum absolute atomic E-state index is 13.5. The molecule has 9 heteroatoms. The van der Waals surface area contributed by atoms with Crippen LogP contribution in [0.3, 0.4) is 0 Å². The number of carbonyl (C=O) groups is 2. The smallest absolute Gasteiger partial charge is 0.408 e. The van der Waals surface area contributed by atoms with Crippen molar-refractivity contribution in [1.29, 1.82) is 0 Å². The molecule has 0 saturated heterocycles. The highest BCUT2D eigenvalue weighted by Crippen LogP contribution is 2.20. The molecular formula is C13H11F4NO4. The molecule has 1 unspecified atom stereocenters. The van der Waals surface area contributed by atoms with Gasteiger partial charge >= 0.3 is 12.1 Å². The van der Waals surface area contributed by atoms with Gasteiger partial charge in [-0.25, -0.2) is 27.2 Å². The van der Waals surface area contributed by atoms with Crippen LogP contribution in [0, 0.1) is 23.3 Å². The number of aliphatic carboxylic acids is 1. The minimum atomic E-state index is -2.06. The van der Waals surface area contributed by atoms with Crippen molar-refractivity contribution in [3.8, 4) is 0 Å². The van der Waals surface area contributed by atoms with Crippen LogP contribution in [0.15, 0.2) is 18.7 Å². The Morgan fingerprint density at radius 2 is 1.91 bits per heavy atom. The van der Waals surface area contributed by atoms with E-state index in [-0.39, 0.29) is 6.61 Å². The number of benzene rings is 1. The molecule has 0 aliphatic heterocycles. The molecule has 0 aliphatic rings. The molecule has 0 aromatic heterocycles. The van der Waals surface area contributed by atoms with E-state index in [1.807, 2.05) is 5.32 Å². The van der Waals surface area contributed by atoms with E-state index in [0.717, 1.165) is 0 Å². The molecule has 0 saturated carbocycles. The summed E-state index contributed by atoms with van der Waals surface area (Å²) in [6.45, 7) is 3.06. The number of nitrogens with one attached hydrogen (secondary N) is 1. The minimum Gasteiger partial charge on any atom is -0.480 e. The molecule has 0 fully saturated rings. The highest BCUT2D eigenvalue weighted by Gasteiger charge is 2.26. The summed E-state index contributed by atoms with van der Waals surface area (Å²) in [4.78, 5) is 22.2. The van der Waals surface area contributed by atoms with Crippen molar-refractivity contribution in [1.82, 2.24) is 5.32 Å². The van der Waals surface area contributed by atoms with Gasteiger partial charge in [0.05, 0.1) is 0 Å². The molecule has 1 rings (SSSR count). The fourth-order valence-corrected chi connectivity index (χ4v) is 1.51. The van der Waals surface area contributed by atoms with Crippen LogP contribution in [-0.2, 0) is 16.0 Å². The van der Waals surface area contributed by atoms with Crippen molar-refractivity contribution in [3.05, 3.63) is 47.6 Å². The molecule has 1 aromatic rings. The summed E-state index contributed by atoms with van der Waals surface area (Å²) in [5.41, 5.74) is -0.743. The quantitative estimate of drug-likeness (QED) is 0.364. The van der Waals surface area contributed by atoms with Gasteiger partial charge in [0, 0.05) is 6.42 Å². The number of hydrogen-bond donors (Lipinski definition) is 2. The summed E-state index contributed by atoms with van der Waals surface area (Å²) < 4.78 is 56.9. The van der Waals surface area contributed by atoms with Crippen molar-refractivity contribution in [2.24, 2.45) is 0 Å². The third-order valence-electron chi connectivity index (χ3n) is 2.52. The number of carbonyl (C=O) groups excluding carboxylic acids is 1. The van der Waals surface area contributed by atoms with Gasteiger partial charge in [0.25, 0.3) is 0 Å². The molecule has 0 bridgehead atoms. The first-order chi connectivity index (χ1) is 10.3. The second-order valence-electron chi connectivity index (χ2n) is 4.09. The van der Waals surface area contributed by atoms with Gasteiger partial charge in [-0.15, -0.1) is 0 Å². The molecule has 0 aliphatic carbocycles. The number of rotatable bonds is 6. The molecule has 0 radical (unpaired) electrons. The van der Waals surface area contributed by atoms with Gasteiger partial charge in [0.15, 0.2) is 23.3 Å². The number of halogens is 4. The van der Waals surface area contributed by atoms with Gasteiger partial charge in [0.1, 0.15) is 12.6 Å². The van der Waals surface area contributed by atoms with Crippen LogP contribution in [0.4, 0.5) is 22.4 Å². The molecule has 0 heterocycles. The third-order valence-corrected chi connectivity index (χ3v) is 2.52. The summed E-state index contributed by atoms with van der Waals surface area (Å²) in [6, 6.07) is -1.41. The normalized spacial score (nSPS) is 11.6. The Balaban J connectivity index is 2.95. The lowest BCUT2D eigenvalue weighted by Gasteiger charge is -2.15. The number of carboxylic acids is 1. The van der Waals surface area contributed by atoms with E-state index in [9.17, 15) is 27.2 Å². The zero-order valence-electron chi connectivity index (χ0n) is 11.0. The average molecular weight is 321 g/mol. The number of ether oxygens (including phenoxy) is 1. The van der Waals surface area contributed by atoms with Gasteiger partial charge in [-0.2, -0.15) is 0 Å². The highest BCUT2D eigenvalue weighted by atomic mass is 19.2. The van der Waals surface area contributed by atoms with E-state index in [1.165, 1.54) is 6.08 Å². The summed E-state index contributed by atoms with van der Waals surface area (Å²) >= 11 is 0. The first kappa shape index (κ1) is 17.5. The van der Waals surface area contributed by atoms with E-state index in [0.29, 0.717) is 6.07 Å². The number of alkyl carbamates (subject to hydrolysis) is 1. The Bertz CT molecular complexity index is 606. The Hall–Kier alpha value is -2.58. The van der Waals surface area contributed by atoms with Gasteiger partial charge in [-0.05, 0) is 11.6 Å². The Kier molecular flexibility index (Phi) is 5.90. The topological polar surface area (TPSA) is 75.6 Å². The van der Waals surface area contributed by atoms with E-state index < -0.39 is 53.4 Å². The monoisotopic (exact) mass is 321 g/mol. The molecule has 1 atom stereocenters. The van der Waals surface area contributed by atoms with Crippen molar-refractivity contribution in [3.63, 3.8) is 0 Å². The first-order valence-corrected chi connectivity index (χ1v) is 5.86.